The molecule has 3 aromatic rings. The lowest BCUT2D eigenvalue weighted by atomic mass is 9.96. The number of sulfonamides is 1. The zero-order chi connectivity index (χ0) is 24.5. The van der Waals surface area contributed by atoms with E-state index in [0.29, 0.717) is 5.69 Å². The van der Waals surface area contributed by atoms with Crippen LogP contribution < -0.4 is 10.0 Å². The third-order valence-corrected chi connectivity index (χ3v) is 7.66. The molecule has 0 aromatic heterocycles. The number of carbonyl (C=O) groups is 1. The molecule has 0 saturated heterocycles. The molecule has 1 atom stereocenters. The van der Waals surface area contributed by atoms with E-state index in [1.807, 2.05) is 46.8 Å². The van der Waals surface area contributed by atoms with E-state index < -0.39 is 10.0 Å². The molecule has 0 radical (unpaired) electrons. The molecule has 2 N–H and O–H groups in total. The van der Waals surface area contributed by atoms with Gasteiger partial charge in [0, 0.05) is 5.56 Å². The highest BCUT2D eigenvalue weighted by Crippen LogP contribution is 2.28. The van der Waals surface area contributed by atoms with Gasteiger partial charge in [0.2, 0.25) is 0 Å². The van der Waals surface area contributed by atoms with Crippen LogP contribution in [0.3, 0.4) is 0 Å². The molecular weight excluding hydrogens is 456 g/mol. The van der Waals surface area contributed by atoms with E-state index in [-0.39, 0.29) is 27.4 Å². The van der Waals surface area contributed by atoms with Crippen LogP contribution in [-0.4, -0.2) is 14.3 Å². The van der Waals surface area contributed by atoms with E-state index in [1.54, 1.807) is 6.07 Å². The Bertz CT molecular complexity index is 1330. The fourth-order valence-corrected chi connectivity index (χ4v) is 5.35. The molecule has 1 unspecified atom stereocenters. The van der Waals surface area contributed by atoms with Gasteiger partial charge in [-0.3, -0.25) is 9.52 Å². The van der Waals surface area contributed by atoms with Gasteiger partial charge in [-0.1, -0.05) is 35.9 Å². The van der Waals surface area contributed by atoms with E-state index in [2.05, 4.69) is 29.1 Å². The molecule has 0 aliphatic heterocycles. The van der Waals surface area contributed by atoms with Crippen molar-refractivity contribution in [1.82, 2.24) is 5.32 Å². The van der Waals surface area contributed by atoms with Crippen molar-refractivity contribution in [3.05, 3.63) is 92.5 Å². The molecule has 0 saturated carbocycles. The Balaban J connectivity index is 1.88. The lowest BCUT2D eigenvalue weighted by molar-refractivity contribution is 0.0939. The molecule has 1 amide bonds. The van der Waals surface area contributed by atoms with Crippen molar-refractivity contribution in [2.24, 2.45) is 0 Å². The monoisotopic (exact) mass is 484 g/mol. The highest BCUT2D eigenvalue weighted by molar-refractivity contribution is 7.92. The molecule has 0 heterocycles. The fraction of sp³-hybridized carbons (Fsp3) is 0.269. The molecule has 3 rings (SSSR count). The van der Waals surface area contributed by atoms with Crippen molar-refractivity contribution in [2.45, 2.75) is 52.5 Å². The summed E-state index contributed by atoms with van der Waals surface area (Å²) in [6.07, 6.45) is 0. The van der Waals surface area contributed by atoms with Crippen molar-refractivity contribution >= 4 is 33.2 Å². The largest absolute Gasteiger partial charge is 0.346 e. The van der Waals surface area contributed by atoms with Gasteiger partial charge in [0.25, 0.3) is 15.9 Å². The number of aryl methyl sites for hydroxylation is 5. The van der Waals surface area contributed by atoms with Crippen LogP contribution in [0.5, 0.6) is 0 Å². The van der Waals surface area contributed by atoms with Crippen LogP contribution >= 0.6 is 11.6 Å². The summed E-state index contributed by atoms with van der Waals surface area (Å²) in [5.74, 6) is -0.375. The van der Waals surface area contributed by atoms with Crippen LogP contribution in [0.4, 0.5) is 5.69 Å². The van der Waals surface area contributed by atoms with Gasteiger partial charge >= 0.3 is 0 Å². The molecule has 0 spiro atoms. The summed E-state index contributed by atoms with van der Waals surface area (Å²) in [6, 6.07) is 13.7. The lowest BCUT2D eigenvalue weighted by Gasteiger charge is -2.19. The second-order valence-corrected chi connectivity index (χ2v) is 10.6. The second-order valence-electron chi connectivity index (χ2n) is 8.56. The molecule has 3 aromatic carbocycles. The van der Waals surface area contributed by atoms with Gasteiger partial charge in [0.05, 0.1) is 16.8 Å². The molecule has 0 bridgehead atoms. The third-order valence-electron chi connectivity index (χ3n) is 5.82. The SMILES string of the molecule is Cc1ccc(C)c(NS(=O)(=O)c2cc(C(=O)NC(C)c3cc(C)c(C)cc3C)ccc2Cl)c1. The molecule has 33 heavy (non-hydrogen) atoms. The molecule has 0 aliphatic rings. The number of hydrogen-bond donors (Lipinski definition) is 2. The van der Waals surface area contributed by atoms with Gasteiger partial charge in [0.1, 0.15) is 4.90 Å². The first-order valence-electron chi connectivity index (χ1n) is 10.7. The molecule has 0 aliphatic carbocycles. The quantitative estimate of drug-likeness (QED) is 0.439. The van der Waals surface area contributed by atoms with Crippen LogP contribution in [0, 0.1) is 34.6 Å². The van der Waals surface area contributed by atoms with Crippen molar-refractivity contribution in [2.75, 3.05) is 4.72 Å². The first-order valence-corrected chi connectivity index (χ1v) is 12.5. The van der Waals surface area contributed by atoms with Crippen LogP contribution in [-0.2, 0) is 10.0 Å². The minimum atomic E-state index is -4.00. The number of benzene rings is 3. The van der Waals surface area contributed by atoms with Gasteiger partial charge in [-0.15, -0.1) is 0 Å². The minimum Gasteiger partial charge on any atom is -0.346 e. The molecule has 5 nitrogen and oxygen atoms in total. The Morgan fingerprint density at radius 1 is 0.848 bits per heavy atom. The molecular formula is C26H29ClN2O3S. The maximum absolute atomic E-state index is 13.1. The molecule has 7 heteroatoms. The topological polar surface area (TPSA) is 75.3 Å². The second kappa shape index (κ2) is 9.57. The summed E-state index contributed by atoms with van der Waals surface area (Å²) in [5.41, 5.74) is 6.84. The van der Waals surface area contributed by atoms with Crippen molar-refractivity contribution in [3.63, 3.8) is 0 Å². The maximum atomic E-state index is 13.1. The number of hydrogen-bond acceptors (Lipinski definition) is 3. The van der Waals surface area contributed by atoms with E-state index in [4.69, 9.17) is 11.6 Å². The number of anilines is 1. The Kier molecular flexibility index (Phi) is 7.20. The highest BCUT2D eigenvalue weighted by atomic mass is 35.5. The summed E-state index contributed by atoms with van der Waals surface area (Å²) >= 11 is 6.23. The Morgan fingerprint density at radius 2 is 1.52 bits per heavy atom. The highest BCUT2D eigenvalue weighted by Gasteiger charge is 2.22. The average Bonchev–Trinajstić information content (AvgIpc) is 2.73. The summed E-state index contributed by atoms with van der Waals surface area (Å²) in [7, 11) is -4.00. The number of carbonyl (C=O) groups excluding carboxylic acids is 1. The first-order chi connectivity index (χ1) is 15.4. The van der Waals surface area contributed by atoms with Crippen LogP contribution in [0.15, 0.2) is 53.4 Å². The zero-order valence-electron chi connectivity index (χ0n) is 19.7. The third kappa shape index (κ3) is 5.57. The Hall–Kier alpha value is -2.83. The van der Waals surface area contributed by atoms with Crippen LogP contribution in [0.1, 0.15) is 56.7 Å². The summed E-state index contributed by atoms with van der Waals surface area (Å²) < 4.78 is 28.8. The van der Waals surface area contributed by atoms with Gasteiger partial charge in [0.15, 0.2) is 0 Å². The van der Waals surface area contributed by atoms with Gasteiger partial charge in [-0.25, -0.2) is 8.42 Å². The molecule has 0 fully saturated rings. The Morgan fingerprint density at radius 3 is 2.21 bits per heavy atom. The van der Waals surface area contributed by atoms with Gasteiger partial charge in [-0.2, -0.15) is 0 Å². The van der Waals surface area contributed by atoms with E-state index >= 15 is 0 Å². The van der Waals surface area contributed by atoms with Gasteiger partial charge in [-0.05, 0) is 99.2 Å². The fourth-order valence-electron chi connectivity index (χ4n) is 3.70. The van der Waals surface area contributed by atoms with Crippen molar-refractivity contribution in [3.8, 4) is 0 Å². The lowest BCUT2D eigenvalue weighted by Crippen LogP contribution is -2.27. The minimum absolute atomic E-state index is 0.0439. The van der Waals surface area contributed by atoms with E-state index in [1.165, 1.54) is 23.8 Å². The van der Waals surface area contributed by atoms with Gasteiger partial charge < -0.3 is 5.32 Å². The predicted molar refractivity (Wildman–Crippen MR) is 135 cm³/mol. The Labute approximate surface area is 201 Å². The van der Waals surface area contributed by atoms with Crippen LogP contribution in [0.25, 0.3) is 0 Å². The van der Waals surface area contributed by atoms with Crippen molar-refractivity contribution in [1.29, 1.82) is 0 Å². The summed E-state index contributed by atoms with van der Waals surface area (Å²) in [6.45, 7) is 11.7. The zero-order valence-corrected chi connectivity index (χ0v) is 21.3. The predicted octanol–water partition coefficient (Wildman–Crippen LogP) is 6.17. The number of rotatable bonds is 6. The summed E-state index contributed by atoms with van der Waals surface area (Å²) in [5, 5.41) is 3.01. The van der Waals surface area contributed by atoms with Crippen LogP contribution in [0.2, 0.25) is 5.02 Å². The summed E-state index contributed by atoms with van der Waals surface area (Å²) in [4.78, 5) is 12.8. The average molecular weight is 485 g/mol. The van der Waals surface area contributed by atoms with Crippen molar-refractivity contribution < 1.29 is 13.2 Å². The smallest absolute Gasteiger partial charge is 0.263 e. The van der Waals surface area contributed by atoms with E-state index in [9.17, 15) is 13.2 Å². The number of nitrogens with one attached hydrogen (secondary N) is 2. The maximum Gasteiger partial charge on any atom is 0.263 e. The number of halogens is 1. The normalized spacial score (nSPS) is 12.3. The number of amides is 1. The molecule has 174 valence electrons. The van der Waals surface area contributed by atoms with E-state index in [0.717, 1.165) is 27.8 Å². The first kappa shape index (κ1) is 24.8. The standard InChI is InChI=1S/C26H29ClN2O3S/c1-15-7-8-16(2)24(11-15)29-33(31,32)25-14-21(9-10-23(25)27)26(30)28-20(6)22-13-18(4)17(3)12-19(22)5/h7-14,20,29H,1-6H3,(H,28,30).